The second-order valence-corrected chi connectivity index (χ2v) is 4.92. The van der Waals surface area contributed by atoms with Crippen molar-refractivity contribution < 1.29 is 4.39 Å². The minimum atomic E-state index is -0.276. The lowest BCUT2D eigenvalue weighted by Gasteiger charge is -2.08. The van der Waals surface area contributed by atoms with Gasteiger partial charge in [-0.25, -0.2) is 4.39 Å². The first-order chi connectivity index (χ1) is 8.15. The van der Waals surface area contributed by atoms with Crippen molar-refractivity contribution in [2.24, 2.45) is 0 Å². The van der Waals surface area contributed by atoms with Gasteiger partial charge in [0.05, 0.1) is 0 Å². The molecule has 1 nitrogen and oxygen atoms in total. The molecule has 1 N–H and O–H groups in total. The summed E-state index contributed by atoms with van der Waals surface area (Å²) in [5, 5.41) is 3.75. The largest absolute Gasteiger partial charge is 0.381 e. The van der Waals surface area contributed by atoms with Crippen molar-refractivity contribution >= 4 is 33.2 Å². The minimum absolute atomic E-state index is 0.276. The van der Waals surface area contributed by atoms with Crippen molar-refractivity contribution in [1.82, 2.24) is 0 Å². The van der Waals surface area contributed by atoms with Gasteiger partial charge >= 0.3 is 0 Å². The van der Waals surface area contributed by atoms with Gasteiger partial charge in [0.2, 0.25) is 0 Å². The second-order valence-electron chi connectivity index (χ2n) is 3.60. The lowest BCUT2D eigenvalue weighted by atomic mass is 10.2. The molecule has 17 heavy (non-hydrogen) atoms. The summed E-state index contributed by atoms with van der Waals surface area (Å²) in [5.74, 6) is -0.276. The third kappa shape index (κ3) is 3.45. The maximum Gasteiger partial charge on any atom is 0.123 e. The number of hydrogen-bond acceptors (Lipinski definition) is 1. The first-order valence-electron chi connectivity index (χ1n) is 5.08. The molecular formula is C13H10BrClFN. The van der Waals surface area contributed by atoms with Gasteiger partial charge in [0.25, 0.3) is 0 Å². The number of rotatable bonds is 3. The molecule has 0 radical (unpaired) electrons. The van der Waals surface area contributed by atoms with Crippen LogP contribution < -0.4 is 5.32 Å². The Bertz CT molecular complexity index is 513. The van der Waals surface area contributed by atoms with Gasteiger partial charge in [-0.2, -0.15) is 0 Å². The zero-order valence-electron chi connectivity index (χ0n) is 8.88. The van der Waals surface area contributed by atoms with E-state index in [9.17, 15) is 4.39 Å². The Morgan fingerprint density at radius 3 is 2.53 bits per heavy atom. The highest BCUT2D eigenvalue weighted by atomic mass is 79.9. The Hall–Kier alpha value is -1.06. The number of anilines is 1. The molecule has 0 heterocycles. The van der Waals surface area contributed by atoms with E-state index in [2.05, 4.69) is 21.2 Å². The molecule has 0 aliphatic carbocycles. The maximum atomic E-state index is 13.0. The topological polar surface area (TPSA) is 12.0 Å². The van der Waals surface area contributed by atoms with Crippen LogP contribution in [0.3, 0.4) is 0 Å². The molecule has 0 unspecified atom stereocenters. The fourth-order valence-corrected chi connectivity index (χ4v) is 1.89. The van der Waals surface area contributed by atoms with Gasteiger partial charge in [0.1, 0.15) is 5.82 Å². The van der Waals surface area contributed by atoms with E-state index >= 15 is 0 Å². The van der Waals surface area contributed by atoms with Crippen LogP contribution in [0.1, 0.15) is 5.56 Å². The van der Waals surface area contributed by atoms with Gasteiger partial charge in [-0.3, -0.25) is 0 Å². The summed E-state index contributed by atoms with van der Waals surface area (Å²) in [5.41, 5.74) is 1.71. The number of nitrogens with one attached hydrogen (secondary N) is 1. The molecule has 0 saturated carbocycles. The minimum Gasteiger partial charge on any atom is -0.381 e. The summed E-state index contributed by atoms with van der Waals surface area (Å²) >= 11 is 9.34. The van der Waals surface area contributed by atoms with Crippen LogP contribution in [0.15, 0.2) is 46.9 Å². The molecule has 4 heteroatoms. The molecule has 2 rings (SSSR count). The van der Waals surface area contributed by atoms with Crippen molar-refractivity contribution in [3.8, 4) is 0 Å². The van der Waals surface area contributed by atoms with Crippen molar-refractivity contribution in [3.05, 3.63) is 63.3 Å². The first-order valence-corrected chi connectivity index (χ1v) is 6.25. The molecule has 0 aliphatic rings. The van der Waals surface area contributed by atoms with Crippen molar-refractivity contribution in [2.45, 2.75) is 6.54 Å². The summed E-state index contributed by atoms with van der Waals surface area (Å²) < 4.78 is 14.1. The molecule has 0 atom stereocenters. The lowest BCUT2D eigenvalue weighted by molar-refractivity contribution is 0.626. The van der Waals surface area contributed by atoms with Gasteiger partial charge in [-0.15, -0.1) is 0 Å². The van der Waals surface area contributed by atoms with Crippen LogP contribution in [0.4, 0.5) is 10.1 Å². The Balaban J connectivity index is 2.07. The van der Waals surface area contributed by atoms with Gasteiger partial charge in [0.15, 0.2) is 0 Å². The van der Waals surface area contributed by atoms with E-state index in [-0.39, 0.29) is 5.82 Å². The zero-order valence-corrected chi connectivity index (χ0v) is 11.2. The molecule has 2 aromatic rings. The second kappa shape index (κ2) is 5.52. The highest BCUT2D eigenvalue weighted by Crippen LogP contribution is 2.19. The fourth-order valence-electron chi connectivity index (χ4n) is 1.44. The Morgan fingerprint density at radius 2 is 1.82 bits per heavy atom. The smallest absolute Gasteiger partial charge is 0.123 e. The standard InChI is InChI=1S/C13H10BrClFN/c14-10-1-4-12(5-2-10)17-8-9-7-11(16)3-6-13(9)15/h1-7,17H,8H2. The van der Waals surface area contributed by atoms with E-state index in [1.165, 1.54) is 12.1 Å². The summed E-state index contributed by atoms with van der Waals surface area (Å²) in [6.07, 6.45) is 0. The third-order valence-corrected chi connectivity index (χ3v) is 3.23. The van der Waals surface area contributed by atoms with Crippen LogP contribution >= 0.6 is 27.5 Å². The zero-order chi connectivity index (χ0) is 12.3. The van der Waals surface area contributed by atoms with Crippen LogP contribution in [0, 0.1) is 5.82 Å². The van der Waals surface area contributed by atoms with Gasteiger partial charge < -0.3 is 5.32 Å². The quantitative estimate of drug-likeness (QED) is 0.853. The highest BCUT2D eigenvalue weighted by Gasteiger charge is 2.02. The number of halogens is 3. The molecular weight excluding hydrogens is 305 g/mol. The normalized spacial score (nSPS) is 10.3. The predicted octanol–water partition coefficient (Wildman–Crippen LogP) is 4.85. The van der Waals surface area contributed by atoms with Crippen LogP contribution in [0.5, 0.6) is 0 Å². The average molecular weight is 315 g/mol. The molecule has 0 amide bonds. The fraction of sp³-hybridized carbons (Fsp3) is 0.0769. The molecule has 0 aromatic heterocycles. The van der Waals surface area contributed by atoms with Crippen LogP contribution in [0.25, 0.3) is 0 Å². The predicted molar refractivity (Wildman–Crippen MR) is 72.9 cm³/mol. The molecule has 0 bridgehead atoms. The maximum absolute atomic E-state index is 13.0. The molecule has 2 aromatic carbocycles. The molecule has 88 valence electrons. The molecule has 0 saturated heterocycles. The molecule has 0 fully saturated rings. The summed E-state index contributed by atoms with van der Waals surface area (Å²) in [6.45, 7) is 0.498. The molecule has 0 aliphatic heterocycles. The Labute approximate surface area is 113 Å². The van der Waals surface area contributed by atoms with Crippen molar-refractivity contribution in [2.75, 3.05) is 5.32 Å². The summed E-state index contributed by atoms with van der Waals surface area (Å²) in [4.78, 5) is 0. The average Bonchev–Trinajstić information content (AvgIpc) is 2.32. The van der Waals surface area contributed by atoms with Crippen LogP contribution in [-0.4, -0.2) is 0 Å². The van der Waals surface area contributed by atoms with E-state index in [4.69, 9.17) is 11.6 Å². The first kappa shape index (κ1) is 12.4. The number of hydrogen-bond donors (Lipinski definition) is 1. The van der Waals surface area contributed by atoms with Crippen LogP contribution in [0.2, 0.25) is 5.02 Å². The monoisotopic (exact) mass is 313 g/mol. The van der Waals surface area contributed by atoms with Gasteiger partial charge in [-0.05, 0) is 48.0 Å². The Morgan fingerprint density at radius 1 is 1.12 bits per heavy atom. The summed E-state index contributed by atoms with van der Waals surface area (Å²) in [7, 11) is 0. The molecule has 0 spiro atoms. The third-order valence-electron chi connectivity index (χ3n) is 2.33. The van der Waals surface area contributed by atoms with Crippen molar-refractivity contribution in [3.63, 3.8) is 0 Å². The van der Waals surface area contributed by atoms with Crippen molar-refractivity contribution in [1.29, 1.82) is 0 Å². The van der Waals surface area contributed by atoms with E-state index in [0.29, 0.717) is 11.6 Å². The van der Waals surface area contributed by atoms with Gasteiger partial charge in [0, 0.05) is 21.7 Å². The van der Waals surface area contributed by atoms with Gasteiger partial charge in [-0.1, -0.05) is 27.5 Å². The SMILES string of the molecule is Fc1ccc(Cl)c(CNc2ccc(Br)cc2)c1. The van der Waals surface area contributed by atoms with E-state index < -0.39 is 0 Å². The van der Waals surface area contributed by atoms with Crippen LogP contribution in [-0.2, 0) is 6.54 Å². The van der Waals surface area contributed by atoms with E-state index in [1.54, 1.807) is 6.07 Å². The lowest BCUT2D eigenvalue weighted by Crippen LogP contribution is -2.00. The summed E-state index contributed by atoms with van der Waals surface area (Å²) in [6, 6.07) is 12.1. The Kier molecular flexibility index (Phi) is 4.02. The van der Waals surface area contributed by atoms with E-state index in [1.807, 2.05) is 24.3 Å². The van der Waals surface area contributed by atoms with E-state index in [0.717, 1.165) is 15.7 Å². The number of benzene rings is 2. The highest BCUT2D eigenvalue weighted by molar-refractivity contribution is 9.10.